The Balaban J connectivity index is 2.77. The molecular formula is C9H12ClNO. The second kappa shape index (κ2) is 4.33. The number of ether oxygens (including phenoxy) is 1. The van der Waals surface area contributed by atoms with Gasteiger partial charge in [0.05, 0.1) is 7.11 Å². The molecule has 0 saturated heterocycles. The van der Waals surface area contributed by atoms with Crippen LogP contribution >= 0.6 is 11.6 Å². The zero-order chi connectivity index (χ0) is 8.97. The maximum absolute atomic E-state index is 5.71. The van der Waals surface area contributed by atoms with Gasteiger partial charge in [-0.2, -0.15) is 0 Å². The molecule has 1 aromatic carbocycles. The van der Waals surface area contributed by atoms with E-state index in [1.165, 1.54) is 0 Å². The maximum atomic E-state index is 5.71. The Morgan fingerprint density at radius 3 is 2.42 bits per heavy atom. The lowest BCUT2D eigenvalue weighted by Crippen LogP contribution is -2.11. The minimum Gasteiger partial charge on any atom is -0.497 e. The van der Waals surface area contributed by atoms with Crippen LogP contribution in [0.2, 0.25) is 0 Å². The van der Waals surface area contributed by atoms with Crippen LogP contribution in [0.3, 0.4) is 0 Å². The highest BCUT2D eigenvalue weighted by molar-refractivity contribution is 6.18. The number of rotatable bonds is 3. The molecule has 2 nitrogen and oxygen atoms in total. The highest BCUT2D eigenvalue weighted by atomic mass is 35.5. The molecule has 0 saturated carbocycles. The fourth-order valence-electron chi connectivity index (χ4n) is 0.940. The van der Waals surface area contributed by atoms with Crippen molar-refractivity contribution in [2.24, 2.45) is 5.73 Å². The third-order valence-electron chi connectivity index (χ3n) is 1.71. The van der Waals surface area contributed by atoms with Gasteiger partial charge in [-0.25, -0.2) is 0 Å². The first-order chi connectivity index (χ1) is 5.77. The van der Waals surface area contributed by atoms with E-state index < -0.39 is 0 Å². The summed E-state index contributed by atoms with van der Waals surface area (Å²) in [6.07, 6.45) is 0. The Labute approximate surface area is 77.3 Å². The molecule has 0 heterocycles. The monoisotopic (exact) mass is 185 g/mol. The van der Waals surface area contributed by atoms with Gasteiger partial charge >= 0.3 is 0 Å². The SMILES string of the molecule is COc1ccc([C@@H](N)CCl)cc1. The first kappa shape index (κ1) is 9.36. The van der Waals surface area contributed by atoms with Gasteiger partial charge in [0.2, 0.25) is 0 Å². The second-order valence-corrected chi connectivity index (χ2v) is 2.84. The Kier molecular flexibility index (Phi) is 3.38. The highest BCUT2D eigenvalue weighted by Crippen LogP contribution is 2.16. The van der Waals surface area contributed by atoms with Crippen LogP contribution < -0.4 is 10.5 Å². The topological polar surface area (TPSA) is 35.2 Å². The summed E-state index contributed by atoms with van der Waals surface area (Å²) in [5, 5.41) is 0. The first-order valence-electron chi connectivity index (χ1n) is 3.73. The number of alkyl halides is 1. The molecule has 0 spiro atoms. The lowest BCUT2D eigenvalue weighted by Gasteiger charge is -2.08. The third kappa shape index (κ3) is 2.13. The molecule has 0 radical (unpaired) electrons. The van der Waals surface area contributed by atoms with Crippen molar-refractivity contribution in [2.45, 2.75) is 6.04 Å². The molecule has 0 aromatic heterocycles. The minimum absolute atomic E-state index is 0.0856. The number of methoxy groups -OCH3 is 1. The largest absolute Gasteiger partial charge is 0.497 e. The van der Waals surface area contributed by atoms with E-state index in [0.717, 1.165) is 11.3 Å². The van der Waals surface area contributed by atoms with E-state index in [-0.39, 0.29) is 6.04 Å². The Hall–Kier alpha value is -0.730. The summed E-state index contributed by atoms with van der Waals surface area (Å²) in [5.41, 5.74) is 6.75. The van der Waals surface area contributed by atoms with Crippen molar-refractivity contribution >= 4 is 11.6 Å². The predicted molar refractivity (Wildman–Crippen MR) is 50.6 cm³/mol. The fraction of sp³-hybridized carbons (Fsp3) is 0.333. The summed E-state index contributed by atoms with van der Waals surface area (Å²) in [7, 11) is 1.64. The molecule has 12 heavy (non-hydrogen) atoms. The molecule has 0 aliphatic carbocycles. The quantitative estimate of drug-likeness (QED) is 0.731. The van der Waals surface area contributed by atoms with Crippen molar-refractivity contribution in [3.63, 3.8) is 0 Å². The summed E-state index contributed by atoms with van der Waals surface area (Å²) < 4.78 is 5.01. The molecule has 2 N–H and O–H groups in total. The minimum atomic E-state index is -0.0856. The standard InChI is InChI=1S/C9H12ClNO/c1-12-8-4-2-7(3-5-8)9(11)6-10/h2-5,9H,6,11H2,1H3/t9-/m0/s1. The number of halogens is 1. The van der Waals surface area contributed by atoms with Gasteiger partial charge in [0.15, 0.2) is 0 Å². The molecule has 0 aliphatic heterocycles. The van der Waals surface area contributed by atoms with E-state index in [2.05, 4.69) is 0 Å². The van der Waals surface area contributed by atoms with Crippen LogP contribution in [0.5, 0.6) is 5.75 Å². The van der Waals surface area contributed by atoms with E-state index in [4.69, 9.17) is 22.1 Å². The van der Waals surface area contributed by atoms with Gasteiger partial charge in [-0.05, 0) is 17.7 Å². The van der Waals surface area contributed by atoms with Gasteiger partial charge in [0, 0.05) is 11.9 Å². The third-order valence-corrected chi connectivity index (χ3v) is 2.04. The van der Waals surface area contributed by atoms with Crippen molar-refractivity contribution < 1.29 is 4.74 Å². The van der Waals surface area contributed by atoms with Crippen LogP contribution in [0.15, 0.2) is 24.3 Å². The molecule has 1 aromatic rings. The van der Waals surface area contributed by atoms with Crippen molar-refractivity contribution in [3.05, 3.63) is 29.8 Å². The van der Waals surface area contributed by atoms with Gasteiger partial charge in [-0.3, -0.25) is 0 Å². The van der Waals surface area contributed by atoms with Crippen LogP contribution in [-0.2, 0) is 0 Å². The lowest BCUT2D eigenvalue weighted by molar-refractivity contribution is 0.414. The van der Waals surface area contributed by atoms with Crippen LogP contribution in [-0.4, -0.2) is 13.0 Å². The van der Waals surface area contributed by atoms with E-state index >= 15 is 0 Å². The number of nitrogens with two attached hydrogens (primary N) is 1. The average molecular weight is 186 g/mol. The zero-order valence-corrected chi connectivity index (χ0v) is 7.71. The molecular weight excluding hydrogens is 174 g/mol. The molecule has 0 bridgehead atoms. The molecule has 1 atom stereocenters. The van der Waals surface area contributed by atoms with Crippen molar-refractivity contribution in [2.75, 3.05) is 13.0 Å². The molecule has 0 unspecified atom stereocenters. The van der Waals surface area contributed by atoms with Gasteiger partial charge in [-0.1, -0.05) is 12.1 Å². The van der Waals surface area contributed by atoms with Gasteiger partial charge in [0.25, 0.3) is 0 Å². The molecule has 66 valence electrons. The predicted octanol–water partition coefficient (Wildman–Crippen LogP) is 1.93. The number of hydrogen-bond acceptors (Lipinski definition) is 2. The van der Waals surface area contributed by atoms with Crippen molar-refractivity contribution in [1.29, 1.82) is 0 Å². The summed E-state index contributed by atoms with van der Waals surface area (Å²) in [6.45, 7) is 0. The van der Waals surface area contributed by atoms with Crippen molar-refractivity contribution in [3.8, 4) is 5.75 Å². The summed E-state index contributed by atoms with van der Waals surface area (Å²) >= 11 is 5.60. The highest BCUT2D eigenvalue weighted by Gasteiger charge is 2.02. The van der Waals surface area contributed by atoms with Crippen LogP contribution in [0.25, 0.3) is 0 Å². The van der Waals surface area contributed by atoms with E-state index in [1.54, 1.807) is 7.11 Å². The average Bonchev–Trinajstić information content (AvgIpc) is 2.17. The molecule has 3 heteroatoms. The van der Waals surface area contributed by atoms with Crippen LogP contribution in [0.4, 0.5) is 0 Å². The number of hydrogen-bond donors (Lipinski definition) is 1. The lowest BCUT2D eigenvalue weighted by atomic mass is 10.1. The van der Waals surface area contributed by atoms with Crippen LogP contribution in [0, 0.1) is 0 Å². The Morgan fingerprint density at radius 1 is 1.42 bits per heavy atom. The van der Waals surface area contributed by atoms with Gasteiger partial charge < -0.3 is 10.5 Å². The fourth-order valence-corrected chi connectivity index (χ4v) is 1.12. The molecule has 0 aliphatic rings. The summed E-state index contributed by atoms with van der Waals surface area (Å²) in [6, 6.07) is 7.51. The zero-order valence-electron chi connectivity index (χ0n) is 6.96. The summed E-state index contributed by atoms with van der Waals surface area (Å²) in [4.78, 5) is 0. The number of benzene rings is 1. The molecule has 0 amide bonds. The van der Waals surface area contributed by atoms with Gasteiger partial charge in [0.1, 0.15) is 5.75 Å². The van der Waals surface area contributed by atoms with E-state index in [9.17, 15) is 0 Å². The first-order valence-corrected chi connectivity index (χ1v) is 4.27. The summed E-state index contributed by atoms with van der Waals surface area (Å²) in [5.74, 6) is 1.27. The Morgan fingerprint density at radius 2 is 2.00 bits per heavy atom. The molecule has 1 rings (SSSR count). The maximum Gasteiger partial charge on any atom is 0.118 e. The van der Waals surface area contributed by atoms with E-state index in [0.29, 0.717) is 5.88 Å². The van der Waals surface area contributed by atoms with Crippen LogP contribution in [0.1, 0.15) is 11.6 Å². The van der Waals surface area contributed by atoms with E-state index in [1.807, 2.05) is 24.3 Å². The normalized spacial score (nSPS) is 12.6. The smallest absolute Gasteiger partial charge is 0.118 e. The molecule has 0 fully saturated rings. The second-order valence-electron chi connectivity index (χ2n) is 2.53. The Bertz CT molecular complexity index is 235. The van der Waals surface area contributed by atoms with Crippen molar-refractivity contribution in [1.82, 2.24) is 0 Å². The van der Waals surface area contributed by atoms with Gasteiger partial charge in [-0.15, -0.1) is 11.6 Å².